The van der Waals surface area contributed by atoms with Gasteiger partial charge in [-0.15, -0.1) is 0 Å². The van der Waals surface area contributed by atoms with Crippen molar-refractivity contribution in [3.8, 4) is 33.4 Å². The maximum absolute atomic E-state index is 2.67. The molecule has 0 atom stereocenters. The molecule has 9 aromatic rings. The Morgan fingerprint density at radius 3 is 1.39 bits per heavy atom. The molecule has 0 unspecified atom stereocenters. The molecule has 0 amide bonds. The molecule has 0 N–H and O–H groups in total. The van der Waals surface area contributed by atoms with Crippen LogP contribution >= 0.6 is 0 Å². The molecule has 9 aromatic carbocycles. The lowest BCUT2D eigenvalue weighted by Crippen LogP contribution is -2.44. The van der Waals surface area contributed by atoms with Crippen molar-refractivity contribution in [3.05, 3.63) is 221 Å². The van der Waals surface area contributed by atoms with E-state index in [0.717, 1.165) is 30.2 Å². The second-order valence-corrected chi connectivity index (χ2v) is 23.2. The van der Waals surface area contributed by atoms with Crippen molar-refractivity contribution in [2.45, 2.75) is 89.9 Å². The number of fused-ring (bicyclic) bond motifs is 5. The number of nitrogens with zero attached hydrogens (tertiary/aromatic N) is 3. The fourth-order valence-electron chi connectivity index (χ4n) is 13.0. The van der Waals surface area contributed by atoms with Crippen LogP contribution in [0.15, 0.2) is 188 Å². The largest absolute Gasteiger partial charge is 0.371 e. The van der Waals surface area contributed by atoms with E-state index >= 15 is 0 Å². The molecule has 3 heteroatoms. The summed E-state index contributed by atoms with van der Waals surface area (Å²) >= 11 is 0. The number of anilines is 7. The van der Waals surface area contributed by atoms with Gasteiger partial charge in [0.15, 0.2) is 0 Å². The number of rotatable bonds is 6. The third-order valence-electron chi connectivity index (χ3n) is 17.4. The molecule has 0 saturated carbocycles. The molecule has 13 rings (SSSR count). The number of para-hydroxylation sites is 2. The van der Waals surface area contributed by atoms with Crippen LogP contribution in [0, 0.1) is 0 Å². The summed E-state index contributed by atoms with van der Waals surface area (Å²) in [7, 11) is 0. The van der Waals surface area contributed by atoms with Gasteiger partial charge in [-0.25, -0.2) is 0 Å². The number of hydrogen-bond donors (Lipinski definition) is 0. The van der Waals surface area contributed by atoms with Crippen LogP contribution in [0.3, 0.4) is 0 Å². The van der Waals surface area contributed by atoms with Crippen molar-refractivity contribution >= 4 is 50.6 Å². The quantitative estimate of drug-likeness (QED) is 0.165. The van der Waals surface area contributed by atoms with Gasteiger partial charge >= 0.3 is 0 Å². The third kappa shape index (κ3) is 6.61. The van der Waals surface area contributed by atoms with Crippen LogP contribution in [0.5, 0.6) is 0 Å². The summed E-state index contributed by atoms with van der Waals surface area (Å²) in [5.74, 6) is 0. The lowest BCUT2D eigenvalue weighted by Gasteiger charge is -2.49. The van der Waals surface area contributed by atoms with Gasteiger partial charge in [-0.1, -0.05) is 177 Å². The van der Waals surface area contributed by atoms with E-state index in [2.05, 4.69) is 258 Å². The summed E-state index contributed by atoms with van der Waals surface area (Å²) in [4.78, 5) is 7.69. The molecule has 0 bridgehead atoms. The predicted molar refractivity (Wildman–Crippen MR) is 301 cm³/mol. The van der Waals surface area contributed by atoms with Crippen LogP contribution in [-0.4, -0.2) is 13.1 Å². The minimum Gasteiger partial charge on any atom is -0.371 e. The Morgan fingerprint density at radius 2 is 0.831 bits per heavy atom. The summed E-state index contributed by atoms with van der Waals surface area (Å²) in [6, 6.07) is 71.2. The molecule has 4 aliphatic rings. The first-order valence-electron chi connectivity index (χ1n) is 25.9. The van der Waals surface area contributed by atoms with E-state index < -0.39 is 0 Å². The number of benzene rings is 9. The van der Waals surface area contributed by atoms with Gasteiger partial charge in [0.1, 0.15) is 0 Å². The Bertz CT molecular complexity index is 3470. The molecule has 350 valence electrons. The minimum atomic E-state index is -0.219. The highest BCUT2D eigenvalue weighted by Gasteiger charge is 2.46. The topological polar surface area (TPSA) is 9.72 Å². The molecule has 0 aromatic heterocycles. The van der Waals surface area contributed by atoms with Crippen molar-refractivity contribution in [1.82, 2.24) is 0 Å². The van der Waals surface area contributed by atoms with E-state index in [0.29, 0.717) is 0 Å². The summed E-state index contributed by atoms with van der Waals surface area (Å²) < 4.78 is 0. The highest BCUT2D eigenvalue weighted by molar-refractivity contribution is 6.07. The smallest absolute Gasteiger partial charge is 0.0544 e. The van der Waals surface area contributed by atoms with Crippen molar-refractivity contribution in [3.63, 3.8) is 0 Å². The van der Waals surface area contributed by atoms with Crippen molar-refractivity contribution in [1.29, 1.82) is 0 Å². The van der Waals surface area contributed by atoms with E-state index in [9.17, 15) is 0 Å². The second kappa shape index (κ2) is 15.6. The lowest BCUT2D eigenvalue weighted by atomic mass is 9.65. The minimum absolute atomic E-state index is 0.125. The first-order valence-corrected chi connectivity index (χ1v) is 25.9. The van der Waals surface area contributed by atoms with E-state index in [1.165, 1.54) is 113 Å². The Labute approximate surface area is 421 Å². The summed E-state index contributed by atoms with van der Waals surface area (Å²) in [6.45, 7) is 21.7. The normalized spacial score (nSPS) is 17.2. The zero-order chi connectivity index (χ0) is 48.6. The van der Waals surface area contributed by atoms with Crippen LogP contribution in [-0.2, 0) is 21.7 Å². The number of hydrogen-bond acceptors (Lipinski definition) is 3. The SMILES string of the molecule is CC1(C)CCN2CCC(C)(C)c3cc(-c4ccc(N(c5ccc(-c6ccccc6)cc5)c5cccc6c(-c7cc8c9c(c7)C(C)(C)c7ccccc7N9c7ccccc7C8(C)C)cccc56)cc4)cc1c32. The highest BCUT2D eigenvalue weighted by Crippen LogP contribution is 2.61. The summed E-state index contributed by atoms with van der Waals surface area (Å²) in [6.07, 6.45) is 2.36. The summed E-state index contributed by atoms with van der Waals surface area (Å²) in [5, 5.41) is 2.45. The maximum Gasteiger partial charge on any atom is 0.0544 e. The van der Waals surface area contributed by atoms with E-state index in [4.69, 9.17) is 0 Å². The van der Waals surface area contributed by atoms with Gasteiger partial charge in [0, 0.05) is 46.4 Å². The van der Waals surface area contributed by atoms with Crippen molar-refractivity contribution in [2.24, 2.45) is 0 Å². The fourth-order valence-corrected chi connectivity index (χ4v) is 13.0. The molecule has 0 aliphatic carbocycles. The Kier molecular flexibility index (Phi) is 9.57. The first-order chi connectivity index (χ1) is 34.2. The third-order valence-corrected chi connectivity index (χ3v) is 17.4. The van der Waals surface area contributed by atoms with Gasteiger partial charge in [0.2, 0.25) is 0 Å². The van der Waals surface area contributed by atoms with Gasteiger partial charge in [-0.05, 0) is 163 Å². The van der Waals surface area contributed by atoms with Gasteiger partial charge < -0.3 is 14.7 Å². The standard InChI is InChI=1S/C68H63N3/c1-65(2)36-38-69-39-37-66(3,4)57-41-47(40-56(65)63(57)69)46-30-34-50(35-31-46)70(49-32-28-45(29-33-49)44-18-10-9-11-19-44)60-27-17-21-52-51(20-16-22-53(52)60)48-42-58-64-59(43-48)68(7,8)55-24-13-15-26-62(55)71(64)61-25-14-12-23-54(61)67(58,5)6/h9-35,40-43H,36-39H2,1-8H3. The average Bonchev–Trinajstić information content (AvgIpc) is 3.38. The van der Waals surface area contributed by atoms with Gasteiger partial charge in [0.25, 0.3) is 0 Å². The molecule has 0 saturated heterocycles. The molecular formula is C68H63N3. The zero-order valence-corrected chi connectivity index (χ0v) is 42.6. The molecule has 3 nitrogen and oxygen atoms in total. The Morgan fingerprint density at radius 1 is 0.366 bits per heavy atom. The van der Waals surface area contributed by atoms with Crippen LogP contribution in [0.1, 0.15) is 102 Å². The molecule has 0 fully saturated rings. The van der Waals surface area contributed by atoms with Crippen molar-refractivity contribution < 1.29 is 0 Å². The van der Waals surface area contributed by atoms with Gasteiger partial charge in [-0.3, -0.25) is 0 Å². The fraction of sp³-hybridized carbons (Fsp3) is 0.235. The highest BCUT2D eigenvalue weighted by atomic mass is 15.2. The lowest BCUT2D eigenvalue weighted by molar-refractivity contribution is 0.402. The molecular weight excluding hydrogens is 859 g/mol. The summed E-state index contributed by atoms with van der Waals surface area (Å²) in [5.41, 5.74) is 24.5. The zero-order valence-electron chi connectivity index (χ0n) is 42.6. The van der Waals surface area contributed by atoms with Crippen LogP contribution in [0.25, 0.3) is 44.2 Å². The van der Waals surface area contributed by atoms with Crippen LogP contribution in [0.4, 0.5) is 39.8 Å². The van der Waals surface area contributed by atoms with Gasteiger partial charge in [0.05, 0.1) is 22.7 Å². The molecule has 71 heavy (non-hydrogen) atoms. The average molecular weight is 922 g/mol. The second-order valence-electron chi connectivity index (χ2n) is 23.2. The Balaban J connectivity index is 0.972. The van der Waals surface area contributed by atoms with E-state index in [-0.39, 0.29) is 21.7 Å². The molecule has 0 radical (unpaired) electrons. The van der Waals surface area contributed by atoms with Crippen LogP contribution < -0.4 is 14.7 Å². The van der Waals surface area contributed by atoms with Crippen molar-refractivity contribution in [2.75, 3.05) is 27.8 Å². The predicted octanol–water partition coefficient (Wildman–Crippen LogP) is 18.2. The molecule has 4 heterocycles. The van der Waals surface area contributed by atoms with E-state index in [1.807, 2.05) is 0 Å². The van der Waals surface area contributed by atoms with Crippen LogP contribution in [0.2, 0.25) is 0 Å². The molecule has 0 spiro atoms. The molecule has 4 aliphatic heterocycles. The van der Waals surface area contributed by atoms with E-state index in [1.54, 1.807) is 0 Å². The Hall–Kier alpha value is -7.36. The monoisotopic (exact) mass is 922 g/mol. The maximum atomic E-state index is 2.67. The van der Waals surface area contributed by atoms with Gasteiger partial charge in [-0.2, -0.15) is 0 Å². The first kappa shape index (κ1) is 43.6.